The Balaban J connectivity index is 1.32. The van der Waals surface area contributed by atoms with E-state index in [1.54, 1.807) is 60.7 Å². The van der Waals surface area contributed by atoms with Crippen molar-refractivity contribution >= 4 is 19.7 Å². The fourth-order valence-electron chi connectivity index (χ4n) is 10.2. The van der Waals surface area contributed by atoms with Crippen LogP contribution in [0.4, 0.5) is 0 Å². The summed E-state index contributed by atoms with van der Waals surface area (Å²) in [5, 5.41) is -1.97. The highest BCUT2D eigenvalue weighted by Crippen LogP contribution is 2.97. The Morgan fingerprint density at radius 1 is 0.600 bits per heavy atom. The third-order valence-electron chi connectivity index (χ3n) is 11.2. The molecule has 5 nitrogen and oxygen atoms in total. The largest absolute Gasteiger partial charge is 0.360 e. The molecular weight excluding hydrogens is 480 g/mol. The molecule has 180 valence electrons. The van der Waals surface area contributed by atoms with Crippen LogP contribution < -0.4 is 0 Å². The van der Waals surface area contributed by atoms with Crippen molar-refractivity contribution in [3.8, 4) is 0 Å². The van der Waals surface area contributed by atoms with Gasteiger partial charge < -0.3 is 4.74 Å². The first-order valence-corrected chi connectivity index (χ1v) is 15.8. The maximum atomic E-state index is 14.4. The second-order valence-corrected chi connectivity index (χ2v) is 16.3. The van der Waals surface area contributed by atoms with E-state index in [4.69, 9.17) is 4.74 Å². The molecule has 4 bridgehead atoms. The topological polar surface area (TPSA) is 80.8 Å². The molecule has 7 aliphatic rings. The number of sulfone groups is 2. The molecule has 2 spiro atoms. The van der Waals surface area contributed by atoms with Gasteiger partial charge in [-0.25, -0.2) is 16.8 Å². The lowest BCUT2D eigenvalue weighted by Crippen LogP contribution is -2.54. The molecule has 0 radical (unpaired) electrons. The number of benzene rings is 2. The van der Waals surface area contributed by atoms with E-state index in [-0.39, 0.29) is 44.3 Å². The van der Waals surface area contributed by atoms with Crippen LogP contribution >= 0.6 is 0 Å². The number of rotatable bonds is 4. The van der Waals surface area contributed by atoms with E-state index >= 15 is 0 Å². The van der Waals surface area contributed by atoms with Gasteiger partial charge in [-0.05, 0) is 60.8 Å². The lowest BCUT2D eigenvalue weighted by Gasteiger charge is -2.36. The standard InChI is InChI=1S/C28H26O5S2/c29-34(30,17-7-3-1-4-8-17)21-22(35(31,32)18-9-5-2-6-10-18)24-26(15-16-26)23(21)27-19-11-12-20(25(19)13-14-25)28(24,27)33-27/h1-12,19-24H,13-16H2/t19-,20+,21-,22+,23+,24-,27-,28+. The Kier molecular flexibility index (Phi) is 3.15. The molecule has 0 unspecified atom stereocenters. The molecule has 0 N–H and O–H groups in total. The first-order chi connectivity index (χ1) is 16.8. The van der Waals surface area contributed by atoms with E-state index in [9.17, 15) is 16.8 Å². The average Bonchev–Trinajstić information content (AvgIpc) is 3.79. The fraction of sp³-hybridized carbons (Fsp3) is 0.500. The number of epoxide rings is 1. The van der Waals surface area contributed by atoms with Gasteiger partial charge in [0.25, 0.3) is 0 Å². The fourth-order valence-corrected chi connectivity index (χ4v) is 15.4. The summed E-state index contributed by atoms with van der Waals surface area (Å²) < 4.78 is 64.5. The van der Waals surface area contributed by atoms with Gasteiger partial charge >= 0.3 is 0 Å². The van der Waals surface area contributed by atoms with Crippen molar-refractivity contribution in [1.82, 2.24) is 0 Å². The van der Waals surface area contributed by atoms with Crippen LogP contribution in [0.15, 0.2) is 82.6 Å². The van der Waals surface area contributed by atoms with Gasteiger partial charge in [0.2, 0.25) is 0 Å². The van der Waals surface area contributed by atoms with E-state index in [1.165, 1.54) is 0 Å². The van der Waals surface area contributed by atoms with Crippen molar-refractivity contribution in [3.63, 3.8) is 0 Å². The van der Waals surface area contributed by atoms with Crippen LogP contribution in [0.1, 0.15) is 25.7 Å². The van der Waals surface area contributed by atoms with E-state index in [0.29, 0.717) is 0 Å². The zero-order valence-electron chi connectivity index (χ0n) is 19.1. The summed E-state index contributed by atoms with van der Waals surface area (Å²) in [5.41, 5.74) is -1.06. The molecule has 8 atom stereocenters. The van der Waals surface area contributed by atoms with Crippen LogP contribution in [-0.2, 0) is 24.4 Å². The molecule has 1 saturated heterocycles. The Bertz CT molecular complexity index is 1450. The van der Waals surface area contributed by atoms with E-state index in [0.717, 1.165) is 25.7 Å². The molecular formula is C28H26O5S2. The summed E-state index contributed by atoms with van der Waals surface area (Å²) in [6, 6.07) is 17.0. The van der Waals surface area contributed by atoms with Gasteiger partial charge in [0.15, 0.2) is 19.7 Å². The Morgan fingerprint density at radius 2 is 1.00 bits per heavy atom. The second kappa shape index (κ2) is 5.48. The van der Waals surface area contributed by atoms with Gasteiger partial charge in [0.05, 0.1) is 20.3 Å². The summed E-state index contributed by atoms with van der Waals surface area (Å²) in [4.78, 5) is 0.452. The van der Waals surface area contributed by atoms with Gasteiger partial charge in [-0.3, -0.25) is 0 Å². The molecule has 7 heteroatoms. The van der Waals surface area contributed by atoms with Crippen molar-refractivity contribution in [2.24, 2.45) is 34.5 Å². The van der Waals surface area contributed by atoms with Crippen molar-refractivity contribution in [2.45, 2.75) is 57.2 Å². The molecule has 0 aromatic heterocycles. The van der Waals surface area contributed by atoms with Crippen LogP contribution in [0.25, 0.3) is 0 Å². The number of hydrogen-bond acceptors (Lipinski definition) is 5. The van der Waals surface area contributed by atoms with Crippen molar-refractivity contribution in [2.75, 3.05) is 0 Å². The van der Waals surface area contributed by atoms with Gasteiger partial charge in [-0.1, -0.05) is 48.6 Å². The van der Waals surface area contributed by atoms with Crippen LogP contribution in [0.5, 0.6) is 0 Å². The van der Waals surface area contributed by atoms with Crippen molar-refractivity contribution < 1.29 is 21.6 Å². The van der Waals surface area contributed by atoms with E-state index in [2.05, 4.69) is 12.2 Å². The molecule has 1 aliphatic heterocycles. The molecule has 6 fully saturated rings. The highest BCUT2D eigenvalue weighted by atomic mass is 32.2. The normalized spacial score (nSPS) is 45.6. The first kappa shape index (κ1) is 20.1. The molecule has 2 aromatic carbocycles. The third kappa shape index (κ3) is 1.82. The van der Waals surface area contributed by atoms with E-state index in [1.807, 2.05) is 0 Å². The average molecular weight is 507 g/mol. The SMILES string of the molecule is O=S(=O)(c1ccccc1)[C@@H]1[C@H](S(=O)(=O)c2ccccc2)[C@@H]2C3(CC3)[C@H]1[C@@]13O[C@@]21[C@H]1C=C[C@@H]3C12CC2. The predicted octanol–water partition coefficient (Wildman–Crippen LogP) is 3.82. The maximum Gasteiger partial charge on any atom is 0.182 e. The molecule has 2 aromatic rings. The zero-order chi connectivity index (χ0) is 23.6. The highest BCUT2D eigenvalue weighted by Gasteiger charge is 3.05. The lowest BCUT2D eigenvalue weighted by atomic mass is 9.73. The quantitative estimate of drug-likeness (QED) is 0.465. The monoisotopic (exact) mass is 506 g/mol. The summed E-state index contributed by atoms with van der Waals surface area (Å²) in [7, 11) is -7.82. The van der Waals surface area contributed by atoms with Crippen molar-refractivity contribution in [3.05, 3.63) is 72.8 Å². The molecule has 1 heterocycles. The van der Waals surface area contributed by atoms with Gasteiger partial charge in [-0.2, -0.15) is 0 Å². The Labute approximate surface area is 205 Å². The maximum absolute atomic E-state index is 14.4. The minimum absolute atomic E-state index is 0.178. The third-order valence-corrected chi connectivity index (χ3v) is 15.8. The summed E-state index contributed by atoms with van der Waals surface area (Å²) in [6.07, 6.45) is 8.69. The Morgan fingerprint density at radius 3 is 1.37 bits per heavy atom. The second-order valence-electron chi connectivity index (χ2n) is 12.1. The van der Waals surface area contributed by atoms with Crippen LogP contribution in [0.2, 0.25) is 0 Å². The van der Waals surface area contributed by atoms with Gasteiger partial charge in [-0.15, -0.1) is 0 Å². The van der Waals surface area contributed by atoms with Crippen LogP contribution in [0, 0.1) is 34.5 Å². The minimum Gasteiger partial charge on any atom is -0.360 e. The molecule has 5 saturated carbocycles. The summed E-state index contributed by atoms with van der Waals surface area (Å²) >= 11 is 0. The Hall–Kier alpha value is -1.96. The zero-order valence-corrected chi connectivity index (χ0v) is 20.7. The van der Waals surface area contributed by atoms with Crippen LogP contribution in [0.3, 0.4) is 0 Å². The molecule has 35 heavy (non-hydrogen) atoms. The number of ether oxygens (including phenoxy) is 1. The van der Waals surface area contributed by atoms with Gasteiger partial charge in [0, 0.05) is 23.7 Å². The summed E-state index contributed by atoms with van der Waals surface area (Å²) in [6.45, 7) is 0. The highest BCUT2D eigenvalue weighted by molar-refractivity contribution is 7.96. The minimum atomic E-state index is -3.91. The molecule has 0 amide bonds. The first-order valence-electron chi connectivity index (χ1n) is 12.7. The smallest absolute Gasteiger partial charge is 0.182 e. The lowest BCUT2D eigenvalue weighted by molar-refractivity contribution is 0.0134. The van der Waals surface area contributed by atoms with Crippen molar-refractivity contribution in [1.29, 1.82) is 0 Å². The van der Waals surface area contributed by atoms with Crippen LogP contribution in [-0.4, -0.2) is 38.5 Å². The number of hydrogen-bond donors (Lipinski definition) is 0. The van der Waals surface area contributed by atoms with E-state index < -0.39 is 41.4 Å². The molecule has 6 aliphatic carbocycles. The van der Waals surface area contributed by atoms with Gasteiger partial charge in [0.1, 0.15) is 11.2 Å². The molecule has 9 rings (SSSR count). The predicted molar refractivity (Wildman–Crippen MR) is 128 cm³/mol. The summed E-state index contributed by atoms with van der Waals surface area (Å²) in [5.74, 6) is -0.0973.